The first-order valence-corrected chi connectivity index (χ1v) is 7.96. The monoisotopic (exact) mass is 336 g/mol. The number of rotatable bonds is 7. The summed E-state index contributed by atoms with van der Waals surface area (Å²) in [6, 6.07) is 16.4. The number of aryl methyl sites for hydroxylation is 2. The molecule has 0 spiro atoms. The van der Waals surface area contributed by atoms with E-state index < -0.39 is 11.8 Å². The molecule has 0 aromatic heterocycles. The molecule has 0 aliphatic rings. The maximum absolute atomic E-state index is 12.3. The van der Waals surface area contributed by atoms with Gasteiger partial charge in [-0.15, -0.1) is 0 Å². The number of carbonyl (C=O) groups is 2. The van der Waals surface area contributed by atoms with Crippen molar-refractivity contribution in [2.45, 2.75) is 19.8 Å². The zero-order chi connectivity index (χ0) is 18.2. The van der Waals surface area contributed by atoms with Gasteiger partial charge in [0.15, 0.2) is 11.7 Å². The molecule has 0 radical (unpaired) electrons. The molecule has 0 saturated carbocycles. The van der Waals surface area contributed by atoms with Crippen molar-refractivity contribution in [1.82, 2.24) is 0 Å². The van der Waals surface area contributed by atoms with Gasteiger partial charge in [0, 0.05) is 12.1 Å². The first-order valence-electron chi connectivity index (χ1n) is 7.96. The number of Topliss-reactive ketones (excluding diaryl/α,β-unsaturated/α-hetero) is 1. The molecule has 0 unspecified atom stereocenters. The summed E-state index contributed by atoms with van der Waals surface area (Å²) in [5, 5.41) is 11.8. The fourth-order valence-corrected chi connectivity index (χ4v) is 2.42. The lowest BCUT2D eigenvalue weighted by molar-refractivity contribution is -0.128. The van der Waals surface area contributed by atoms with Crippen molar-refractivity contribution >= 4 is 17.4 Å². The second-order valence-corrected chi connectivity index (χ2v) is 5.74. The van der Waals surface area contributed by atoms with Crippen molar-refractivity contribution in [2.75, 3.05) is 12.4 Å². The molecule has 0 fully saturated rings. The number of hydrogen-bond acceptors (Lipinski definition) is 4. The highest BCUT2D eigenvalue weighted by molar-refractivity contribution is 6.09. The lowest BCUT2D eigenvalue weighted by Gasteiger charge is -2.10. The molecule has 0 saturated heterocycles. The van der Waals surface area contributed by atoms with Gasteiger partial charge in [-0.3, -0.25) is 9.59 Å². The minimum absolute atomic E-state index is 0.131. The number of nitrogens with one attached hydrogen (secondary N) is 1. The average molecular weight is 336 g/mol. The van der Waals surface area contributed by atoms with Crippen LogP contribution in [-0.2, 0) is 16.0 Å². The van der Waals surface area contributed by atoms with Crippen LogP contribution in [0.4, 0.5) is 5.69 Å². The first kappa shape index (κ1) is 18.2. The van der Waals surface area contributed by atoms with Crippen LogP contribution in [0.15, 0.2) is 48.5 Å². The number of ketones is 1. The zero-order valence-electron chi connectivity index (χ0n) is 14.3. The Morgan fingerprint density at radius 1 is 1.20 bits per heavy atom. The van der Waals surface area contributed by atoms with Crippen LogP contribution in [0.3, 0.4) is 0 Å². The molecule has 1 atom stereocenters. The Kier molecular flexibility index (Phi) is 6.30. The minimum Gasteiger partial charge on any atom is -0.497 e. The van der Waals surface area contributed by atoms with E-state index in [4.69, 9.17) is 4.74 Å². The van der Waals surface area contributed by atoms with E-state index in [0.717, 1.165) is 16.9 Å². The summed E-state index contributed by atoms with van der Waals surface area (Å²) in [6.07, 6.45) is 0.602. The summed E-state index contributed by atoms with van der Waals surface area (Å²) in [6.45, 7) is 1.90. The van der Waals surface area contributed by atoms with E-state index >= 15 is 0 Å². The van der Waals surface area contributed by atoms with Gasteiger partial charge >= 0.3 is 0 Å². The molecule has 2 aromatic rings. The Balaban J connectivity index is 1.95. The van der Waals surface area contributed by atoms with Crippen molar-refractivity contribution in [3.05, 3.63) is 59.7 Å². The van der Waals surface area contributed by atoms with Gasteiger partial charge in [0.2, 0.25) is 5.91 Å². The highest BCUT2D eigenvalue weighted by Crippen LogP contribution is 2.15. The summed E-state index contributed by atoms with van der Waals surface area (Å²) in [7, 11) is 1.59. The number of benzene rings is 2. The van der Waals surface area contributed by atoms with Crippen LogP contribution in [0.25, 0.3) is 0 Å². The van der Waals surface area contributed by atoms with Gasteiger partial charge in [-0.1, -0.05) is 24.3 Å². The fraction of sp³-hybridized carbons (Fsp3) is 0.250. The van der Waals surface area contributed by atoms with Gasteiger partial charge in [-0.05, 0) is 48.7 Å². The normalized spacial score (nSPS) is 11.2. The van der Waals surface area contributed by atoms with E-state index in [2.05, 4.69) is 5.32 Å². The quantitative estimate of drug-likeness (QED) is 0.787. The Labute approximate surface area is 147 Å². The summed E-state index contributed by atoms with van der Waals surface area (Å²) >= 11 is 0. The zero-order valence-corrected chi connectivity index (χ0v) is 14.3. The van der Waals surface area contributed by atoms with Crippen LogP contribution >= 0.6 is 0 Å². The van der Waals surface area contributed by atoms with Crippen molar-refractivity contribution in [1.29, 1.82) is 5.26 Å². The molecule has 5 heteroatoms. The van der Waals surface area contributed by atoms with Crippen LogP contribution in [0.1, 0.15) is 17.5 Å². The Morgan fingerprint density at radius 3 is 2.52 bits per heavy atom. The van der Waals surface area contributed by atoms with Gasteiger partial charge < -0.3 is 10.1 Å². The van der Waals surface area contributed by atoms with Gasteiger partial charge in [0.1, 0.15) is 5.75 Å². The maximum Gasteiger partial charge on any atom is 0.249 e. The standard InChI is InChI=1S/C20H20N2O3/c1-14-4-3-5-16(12-14)22-20(24)18(13-21)19(23)11-8-15-6-9-17(25-2)10-7-15/h3-7,9-10,12,18H,8,11H2,1-2H3,(H,22,24)/t18-/m1/s1. The van der Waals surface area contributed by atoms with Crippen LogP contribution in [0, 0.1) is 24.2 Å². The SMILES string of the molecule is COc1ccc(CCC(=O)[C@@H](C#N)C(=O)Nc2cccc(C)c2)cc1. The van der Waals surface area contributed by atoms with Crippen molar-refractivity contribution in [3.8, 4) is 11.8 Å². The molecule has 0 aliphatic heterocycles. The Hall–Kier alpha value is -3.13. The van der Waals surface area contributed by atoms with Crippen LogP contribution in [0.5, 0.6) is 5.75 Å². The number of methoxy groups -OCH3 is 1. The topological polar surface area (TPSA) is 79.2 Å². The highest BCUT2D eigenvalue weighted by Gasteiger charge is 2.26. The van der Waals surface area contributed by atoms with Gasteiger partial charge in [0.05, 0.1) is 13.2 Å². The minimum atomic E-state index is -1.31. The molecule has 1 N–H and O–H groups in total. The third kappa shape index (κ3) is 5.18. The Morgan fingerprint density at radius 2 is 1.92 bits per heavy atom. The van der Waals surface area contributed by atoms with E-state index in [-0.39, 0.29) is 12.2 Å². The summed E-state index contributed by atoms with van der Waals surface area (Å²) < 4.78 is 5.08. The van der Waals surface area contributed by atoms with Crippen LogP contribution in [-0.4, -0.2) is 18.8 Å². The number of nitrogens with zero attached hydrogens (tertiary/aromatic N) is 1. The maximum atomic E-state index is 12.3. The lowest BCUT2D eigenvalue weighted by atomic mass is 9.98. The Bertz CT molecular complexity index is 791. The molecule has 0 aliphatic carbocycles. The second-order valence-electron chi connectivity index (χ2n) is 5.74. The smallest absolute Gasteiger partial charge is 0.249 e. The van der Waals surface area contributed by atoms with Crippen LogP contribution < -0.4 is 10.1 Å². The van der Waals surface area contributed by atoms with E-state index in [1.165, 1.54) is 0 Å². The predicted octanol–water partition coefficient (Wildman–Crippen LogP) is 3.28. The van der Waals surface area contributed by atoms with E-state index in [1.54, 1.807) is 25.3 Å². The number of carbonyl (C=O) groups excluding carboxylic acids is 2. The highest BCUT2D eigenvalue weighted by atomic mass is 16.5. The lowest BCUT2D eigenvalue weighted by Crippen LogP contribution is -2.28. The molecule has 0 heterocycles. The molecular formula is C20H20N2O3. The number of amides is 1. The van der Waals surface area contributed by atoms with Crippen molar-refractivity contribution in [2.24, 2.45) is 5.92 Å². The second kappa shape index (κ2) is 8.65. The summed E-state index contributed by atoms with van der Waals surface area (Å²) in [5.41, 5.74) is 2.51. The van der Waals surface area contributed by atoms with Gasteiger partial charge in [-0.2, -0.15) is 5.26 Å². The van der Waals surface area contributed by atoms with E-state index in [9.17, 15) is 14.9 Å². The molecule has 5 nitrogen and oxygen atoms in total. The fourth-order valence-electron chi connectivity index (χ4n) is 2.42. The summed E-state index contributed by atoms with van der Waals surface area (Å²) in [4.78, 5) is 24.5. The van der Waals surface area contributed by atoms with Crippen LogP contribution in [0.2, 0.25) is 0 Å². The molecule has 1 amide bonds. The number of hydrogen-bond donors (Lipinski definition) is 1. The van der Waals surface area contributed by atoms with E-state index in [1.807, 2.05) is 43.3 Å². The van der Waals surface area contributed by atoms with E-state index in [0.29, 0.717) is 12.1 Å². The molecule has 2 aromatic carbocycles. The number of nitriles is 1. The molecule has 0 bridgehead atoms. The largest absolute Gasteiger partial charge is 0.497 e. The summed E-state index contributed by atoms with van der Waals surface area (Å²) in [5.74, 6) is -1.54. The molecule has 25 heavy (non-hydrogen) atoms. The van der Waals surface area contributed by atoms with Crippen molar-refractivity contribution in [3.63, 3.8) is 0 Å². The average Bonchev–Trinajstić information content (AvgIpc) is 2.61. The predicted molar refractivity (Wildman–Crippen MR) is 95.2 cm³/mol. The molecular weight excluding hydrogens is 316 g/mol. The third-order valence-electron chi connectivity index (χ3n) is 3.82. The molecule has 128 valence electrons. The number of ether oxygens (including phenoxy) is 1. The number of anilines is 1. The van der Waals surface area contributed by atoms with Crippen molar-refractivity contribution < 1.29 is 14.3 Å². The van der Waals surface area contributed by atoms with Gasteiger partial charge in [-0.25, -0.2) is 0 Å². The first-order chi connectivity index (χ1) is 12.0. The van der Waals surface area contributed by atoms with Gasteiger partial charge in [0.25, 0.3) is 0 Å². The third-order valence-corrected chi connectivity index (χ3v) is 3.82. The molecule has 2 rings (SSSR count).